The van der Waals surface area contributed by atoms with E-state index in [2.05, 4.69) is 9.80 Å². The lowest BCUT2D eigenvalue weighted by atomic mass is 10.1. The van der Waals surface area contributed by atoms with Gasteiger partial charge in [0, 0.05) is 64.8 Å². The van der Waals surface area contributed by atoms with Crippen LogP contribution in [0.5, 0.6) is 0 Å². The van der Waals surface area contributed by atoms with Gasteiger partial charge in [-0.15, -0.1) is 0 Å². The number of halogens is 1. The SMILES string of the molecule is CCN(C)c1nc(N2CCN(c3ccccc3F)CC2)nc2c1CN(S(=O)(=O)c1ccccc1)CC2. The van der Waals surface area contributed by atoms with E-state index in [0.717, 1.165) is 23.6 Å². The van der Waals surface area contributed by atoms with Gasteiger partial charge in [0.1, 0.15) is 11.6 Å². The van der Waals surface area contributed by atoms with Gasteiger partial charge in [-0.1, -0.05) is 30.3 Å². The van der Waals surface area contributed by atoms with Crippen LogP contribution in [0.1, 0.15) is 18.2 Å². The summed E-state index contributed by atoms with van der Waals surface area (Å²) < 4.78 is 42.3. The molecule has 3 aromatic rings. The first kappa shape index (κ1) is 24.5. The monoisotopic (exact) mass is 510 g/mol. The Hall–Kier alpha value is -3.24. The predicted octanol–water partition coefficient (Wildman–Crippen LogP) is 3.15. The van der Waals surface area contributed by atoms with Crippen molar-refractivity contribution in [2.24, 2.45) is 0 Å². The fourth-order valence-electron chi connectivity index (χ4n) is 4.77. The Bertz CT molecular complexity index is 1330. The highest BCUT2D eigenvalue weighted by molar-refractivity contribution is 7.89. The molecule has 0 aliphatic carbocycles. The number of para-hydroxylation sites is 1. The standard InChI is InChI=1S/C26H31FN6O2S/c1-3-30(2)25-21-19-33(36(34,35)20-9-5-4-6-10-20)14-13-23(21)28-26(29-25)32-17-15-31(16-18-32)24-12-8-7-11-22(24)27/h4-12H,3,13-19H2,1-2H3. The summed E-state index contributed by atoms with van der Waals surface area (Å²) in [7, 11) is -1.64. The lowest BCUT2D eigenvalue weighted by Crippen LogP contribution is -2.47. The van der Waals surface area contributed by atoms with Gasteiger partial charge in [-0.25, -0.2) is 17.8 Å². The van der Waals surface area contributed by atoms with Crippen LogP contribution < -0.4 is 14.7 Å². The van der Waals surface area contributed by atoms with Crippen molar-refractivity contribution in [3.05, 3.63) is 71.7 Å². The molecule has 8 nitrogen and oxygen atoms in total. The number of nitrogens with zero attached hydrogens (tertiary/aromatic N) is 6. The molecule has 1 fully saturated rings. The van der Waals surface area contributed by atoms with E-state index < -0.39 is 10.0 Å². The van der Waals surface area contributed by atoms with E-state index in [-0.39, 0.29) is 12.4 Å². The van der Waals surface area contributed by atoms with Gasteiger partial charge in [-0.05, 0) is 31.2 Å². The quantitative estimate of drug-likeness (QED) is 0.505. The Balaban J connectivity index is 1.40. The third-order valence-electron chi connectivity index (χ3n) is 6.96. The van der Waals surface area contributed by atoms with Crippen LogP contribution >= 0.6 is 0 Å². The van der Waals surface area contributed by atoms with Gasteiger partial charge in [0.15, 0.2) is 0 Å². The maximum absolute atomic E-state index is 14.3. The molecule has 3 heterocycles. The smallest absolute Gasteiger partial charge is 0.243 e. The van der Waals surface area contributed by atoms with Crippen molar-refractivity contribution < 1.29 is 12.8 Å². The van der Waals surface area contributed by atoms with Gasteiger partial charge < -0.3 is 14.7 Å². The second-order valence-electron chi connectivity index (χ2n) is 9.11. The fourth-order valence-corrected chi connectivity index (χ4v) is 6.20. The second-order valence-corrected chi connectivity index (χ2v) is 11.1. The van der Waals surface area contributed by atoms with Gasteiger partial charge in [0.25, 0.3) is 0 Å². The van der Waals surface area contributed by atoms with Crippen molar-refractivity contribution in [2.45, 2.75) is 24.8 Å². The molecule has 2 aromatic carbocycles. The van der Waals surface area contributed by atoms with Crippen molar-refractivity contribution in [2.75, 3.05) is 61.0 Å². The summed E-state index contributed by atoms with van der Waals surface area (Å²) in [5, 5.41) is 0. The van der Waals surface area contributed by atoms with Crippen molar-refractivity contribution in [3.63, 3.8) is 0 Å². The highest BCUT2D eigenvalue weighted by Gasteiger charge is 2.32. The average molecular weight is 511 g/mol. The van der Waals surface area contributed by atoms with Crippen molar-refractivity contribution in [3.8, 4) is 0 Å². The topological polar surface area (TPSA) is 72.9 Å². The molecule has 190 valence electrons. The van der Waals surface area contributed by atoms with Crippen LogP contribution in [0.3, 0.4) is 0 Å². The van der Waals surface area contributed by atoms with Gasteiger partial charge in [-0.3, -0.25) is 0 Å². The van der Waals surface area contributed by atoms with E-state index in [1.54, 1.807) is 30.3 Å². The molecule has 2 aliphatic heterocycles. The Labute approximate surface area is 212 Å². The van der Waals surface area contributed by atoms with Crippen LogP contribution in [0.2, 0.25) is 0 Å². The first-order valence-corrected chi connectivity index (χ1v) is 13.7. The number of benzene rings is 2. The van der Waals surface area contributed by atoms with E-state index in [1.807, 2.05) is 37.1 Å². The van der Waals surface area contributed by atoms with Crippen LogP contribution in [0.15, 0.2) is 59.5 Å². The Kier molecular flexibility index (Phi) is 6.81. The minimum Gasteiger partial charge on any atom is -0.366 e. The zero-order valence-electron chi connectivity index (χ0n) is 20.6. The normalized spacial score (nSPS) is 16.6. The Morgan fingerprint density at radius 3 is 2.28 bits per heavy atom. The summed E-state index contributed by atoms with van der Waals surface area (Å²) in [5.74, 6) is 1.21. The van der Waals surface area contributed by atoms with E-state index in [0.29, 0.717) is 55.7 Å². The highest BCUT2D eigenvalue weighted by atomic mass is 32.2. The van der Waals surface area contributed by atoms with Crippen LogP contribution in [-0.4, -0.2) is 69.0 Å². The minimum atomic E-state index is -3.61. The largest absolute Gasteiger partial charge is 0.366 e. The van der Waals surface area contributed by atoms with Crippen LogP contribution in [0.25, 0.3) is 0 Å². The number of hydrogen-bond acceptors (Lipinski definition) is 7. The van der Waals surface area contributed by atoms with Crippen LogP contribution in [0, 0.1) is 5.82 Å². The molecule has 0 N–H and O–H groups in total. The van der Waals surface area contributed by atoms with Crippen LogP contribution in [-0.2, 0) is 23.0 Å². The summed E-state index contributed by atoms with van der Waals surface area (Å²) in [6.07, 6.45) is 0.524. The van der Waals surface area contributed by atoms with E-state index in [4.69, 9.17) is 9.97 Å². The highest BCUT2D eigenvalue weighted by Crippen LogP contribution is 2.32. The van der Waals surface area contributed by atoms with Gasteiger partial charge in [0.05, 0.1) is 16.3 Å². The van der Waals surface area contributed by atoms with Crippen molar-refractivity contribution in [1.82, 2.24) is 14.3 Å². The van der Waals surface area contributed by atoms with Crippen molar-refractivity contribution in [1.29, 1.82) is 0 Å². The molecule has 2 aliphatic rings. The van der Waals surface area contributed by atoms with E-state index >= 15 is 0 Å². The summed E-state index contributed by atoms with van der Waals surface area (Å²) in [5.41, 5.74) is 2.37. The summed E-state index contributed by atoms with van der Waals surface area (Å²) in [4.78, 5) is 16.3. The third-order valence-corrected chi connectivity index (χ3v) is 8.82. The molecule has 0 atom stereocenters. The number of fused-ring (bicyclic) bond motifs is 1. The van der Waals surface area contributed by atoms with Gasteiger partial charge >= 0.3 is 0 Å². The fraction of sp³-hybridized carbons (Fsp3) is 0.385. The number of sulfonamides is 1. The predicted molar refractivity (Wildman–Crippen MR) is 140 cm³/mol. The minimum absolute atomic E-state index is 0.210. The molecular weight excluding hydrogens is 479 g/mol. The lowest BCUT2D eigenvalue weighted by molar-refractivity contribution is 0.387. The van der Waals surface area contributed by atoms with E-state index in [9.17, 15) is 12.8 Å². The van der Waals surface area contributed by atoms with E-state index in [1.165, 1.54) is 10.4 Å². The third kappa shape index (κ3) is 4.62. The number of aromatic nitrogens is 2. The maximum atomic E-state index is 14.3. The summed E-state index contributed by atoms with van der Waals surface area (Å²) >= 11 is 0. The zero-order valence-corrected chi connectivity index (χ0v) is 21.5. The molecule has 0 saturated carbocycles. The molecule has 10 heteroatoms. The van der Waals surface area contributed by atoms with Crippen molar-refractivity contribution >= 4 is 27.5 Å². The molecule has 1 saturated heterocycles. The Morgan fingerprint density at radius 2 is 1.58 bits per heavy atom. The molecule has 1 aromatic heterocycles. The van der Waals surface area contributed by atoms with Gasteiger partial charge in [-0.2, -0.15) is 9.29 Å². The first-order valence-electron chi connectivity index (χ1n) is 12.3. The number of rotatable bonds is 6. The van der Waals surface area contributed by atoms with Gasteiger partial charge in [0.2, 0.25) is 16.0 Å². The molecule has 0 unspecified atom stereocenters. The number of piperazine rings is 1. The summed E-state index contributed by atoms with van der Waals surface area (Å²) in [6.45, 7) is 6.09. The molecule has 36 heavy (non-hydrogen) atoms. The molecule has 5 rings (SSSR count). The number of hydrogen-bond donors (Lipinski definition) is 0. The zero-order chi connectivity index (χ0) is 25.3. The first-order chi connectivity index (χ1) is 17.4. The van der Waals surface area contributed by atoms with Crippen LogP contribution in [0.4, 0.5) is 21.8 Å². The molecule has 0 amide bonds. The Morgan fingerprint density at radius 1 is 0.917 bits per heavy atom. The summed E-state index contributed by atoms with van der Waals surface area (Å²) in [6, 6.07) is 15.4. The molecule has 0 radical (unpaired) electrons. The lowest BCUT2D eigenvalue weighted by Gasteiger charge is -2.37. The number of anilines is 3. The molecule has 0 bridgehead atoms. The second kappa shape index (κ2) is 10.0. The molecular formula is C26H31FN6O2S. The maximum Gasteiger partial charge on any atom is 0.243 e. The average Bonchev–Trinajstić information content (AvgIpc) is 2.92. The molecule has 0 spiro atoms.